The summed E-state index contributed by atoms with van der Waals surface area (Å²) >= 11 is 0. The van der Waals surface area contributed by atoms with Crippen molar-refractivity contribution in [2.24, 2.45) is 0 Å². The highest BCUT2D eigenvalue weighted by molar-refractivity contribution is 5.67. The van der Waals surface area contributed by atoms with Gasteiger partial charge in [0.2, 0.25) is 0 Å². The lowest BCUT2D eigenvalue weighted by Gasteiger charge is -2.35. The summed E-state index contributed by atoms with van der Waals surface area (Å²) in [5.74, 6) is 0. The standard InChI is InChI=1S/C9H17NO5/c1-9(2,3)15-8(13)10-7(12)6(11)4-5-14-10/h6-7,11-12H,4-5H2,1-3H3/t6-,7?/m1/s1. The van der Waals surface area contributed by atoms with Crippen LogP contribution in [0.4, 0.5) is 4.79 Å². The van der Waals surface area contributed by atoms with Gasteiger partial charge in [-0.2, -0.15) is 5.06 Å². The van der Waals surface area contributed by atoms with E-state index in [2.05, 4.69) is 0 Å². The second-order valence-electron chi connectivity index (χ2n) is 4.41. The fraction of sp³-hybridized carbons (Fsp3) is 0.889. The predicted octanol–water partition coefficient (Wildman–Crippen LogP) is 0.238. The van der Waals surface area contributed by atoms with Gasteiger partial charge in [0.25, 0.3) is 0 Å². The largest absolute Gasteiger partial charge is 0.442 e. The molecule has 0 aromatic carbocycles. The molecule has 1 heterocycles. The molecule has 0 aromatic heterocycles. The second kappa shape index (κ2) is 4.34. The van der Waals surface area contributed by atoms with Crippen LogP contribution in [0.15, 0.2) is 0 Å². The molecule has 0 radical (unpaired) electrons. The zero-order valence-corrected chi connectivity index (χ0v) is 9.14. The number of aliphatic hydroxyl groups is 2. The van der Waals surface area contributed by atoms with Crippen molar-refractivity contribution in [1.82, 2.24) is 5.06 Å². The quantitative estimate of drug-likeness (QED) is 0.610. The number of rotatable bonds is 0. The topological polar surface area (TPSA) is 79.2 Å². The van der Waals surface area contributed by atoms with Gasteiger partial charge in [0.1, 0.15) is 11.7 Å². The van der Waals surface area contributed by atoms with Crippen molar-refractivity contribution in [2.75, 3.05) is 6.61 Å². The number of hydrogen-bond acceptors (Lipinski definition) is 5. The molecule has 1 fully saturated rings. The Balaban J connectivity index is 2.59. The molecule has 0 spiro atoms. The average molecular weight is 219 g/mol. The van der Waals surface area contributed by atoms with Gasteiger partial charge in [-0.3, -0.25) is 4.84 Å². The van der Waals surface area contributed by atoms with Crippen LogP contribution in [0.1, 0.15) is 27.2 Å². The molecule has 1 unspecified atom stereocenters. The lowest BCUT2D eigenvalue weighted by molar-refractivity contribution is -0.273. The Morgan fingerprint density at radius 3 is 2.60 bits per heavy atom. The molecule has 1 saturated heterocycles. The lowest BCUT2D eigenvalue weighted by atomic mass is 10.2. The van der Waals surface area contributed by atoms with Crippen molar-refractivity contribution >= 4 is 6.09 Å². The first-order valence-corrected chi connectivity index (χ1v) is 4.82. The number of hydrogen-bond donors (Lipinski definition) is 2. The maximum absolute atomic E-state index is 11.5. The minimum absolute atomic E-state index is 0.178. The molecule has 0 saturated carbocycles. The van der Waals surface area contributed by atoms with E-state index in [1.54, 1.807) is 20.8 Å². The number of amides is 1. The van der Waals surface area contributed by atoms with Gasteiger partial charge in [0, 0.05) is 6.42 Å². The molecule has 1 amide bonds. The third-order valence-electron chi connectivity index (χ3n) is 1.80. The number of ether oxygens (including phenoxy) is 1. The van der Waals surface area contributed by atoms with E-state index >= 15 is 0 Å². The summed E-state index contributed by atoms with van der Waals surface area (Å²) in [7, 11) is 0. The van der Waals surface area contributed by atoms with E-state index in [1.165, 1.54) is 0 Å². The molecule has 2 atom stereocenters. The van der Waals surface area contributed by atoms with E-state index < -0.39 is 24.0 Å². The zero-order valence-electron chi connectivity index (χ0n) is 9.14. The van der Waals surface area contributed by atoms with Crippen molar-refractivity contribution in [2.45, 2.75) is 45.1 Å². The van der Waals surface area contributed by atoms with Crippen molar-refractivity contribution < 1.29 is 24.6 Å². The van der Waals surface area contributed by atoms with Gasteiger partial charge in [-0.15, -0.1) is 0 Å². The van der Waals surface area contributed by atoms with Crippen LogP contribution in [-0.2, 0) is 9.57 Å². The molecule has 0 aromatic rings. The molecule has 88 valence electrons. The number of nitrogens with zero attached hydrogens (tertiary/aromatic N) is 1. The summed E-state index contributed by atoms with van der Waals surface area (Å²) in [6, 6.07) is 0. The van der Waals surface area contributed by atoms with Crippen molar-refractivity contribution in [1.29, 1.82) is 0 Å². The number of carbonyl (C=O) groups is 1. The van der Waals surface area contributed by atoms with Crippen LogP contribution < -0.4 is 0 Å². The van der Waals surface area contributed by atoms with Gasteiger partial charge in [-0.1, -0.05) is 0 Å². The summed E-state index contributed by atoms with van der Waals surface area (Å²) in [6.45, 7) is 5.30. The molecule has 6 heteroatoms. The molecule has 2 N–H and O–H groups in total. The SMILES string of the molecule is CC(C)(C)OC(=O)N1OCC[C@@H](O)C1O. The van der Waals surface area contributed by atoms with Crippen LogP contribution >= 0.6 is 0 Å². The highest BCUT2D eigenvalue weighted by Crippen LogP contribution is 2.17. The Morgan fingerprint density at radius 1 is 1.47 bits per heavy atom. The maximum Gasteiger partial charge on any atom is 0.437 e. The fourth-order valence-corrected chi connectivity index (χ4v) is 1.12. The highest BCUT2D eigenvalue weighted by Gasteiger charge is 2.35. The van der Waals surface area contributed by atoms with Crippen molar-refractivity contribution in [3.05, 3.63) is 0 Å². The minimum Gasteiger partial charge on any atom is -0.442 e. The lowest BCUT2D eigenvalue weighted by Crippen LogP contribution is -2.52. The third-order valence-corrected chi connectivity index (χ3v) is 1.80. The van der Waals surface area contributed by atoms with E-state index in [4.69, 9.17) is 9.57 Å². The van der Waals surface area contributed by atoms with Gasteiger partial charge < -0.3 is 14.9 Å². The Bertz CT molecular complexity index is 237. The molecule has 0 bridgehead atoms. The zero-order chi connectivity index (χ0) is 11.6. The van der Waals surface area contributed by atoms with Crippen LogP contribution in [0.5, 0.6) is 0 Å². The summed E-state index contributed by atoms with van der Waals surface area (Å²) in [5.41, 5.74) is -0.664. The van der Waals surface area contributed by atoms with E-state index in [0.717, 1.165) is 0 Å². The summed E-state index contributed by atoms with van der Waals surface area (Å²) in [5, 5.41) is 19.4. The molecule has 1 aliphatic heterocycles. The highest BCUT2D eigenvalue weighted by atomic mass is 16.7. The van der Waals surface area contributed by atoms with E-state index in [0.29, 0.717) is 11.5 Å². The van der Waals surface area contributed by atoms with Gasteiger partial charge in [-0.05, 0) is 20.8 Å². The minimum atomic E-state index is -1.37. The molecular formula is C9H17NO5. The van der Waals surface area contributed by atoms with Crippen molar-refractivity contribution in [3.8, 4) is 0 Å². The monoisotopic (exact) mass is 219 g/mol. The van der Waals surface area contributed by atoms with Gasteiger partial charge in [0.15, 0.2) is 6.23 Å². The third kappa shape index (κ3) is 3.33. The van der Waals surface area contributed by atoms with Gasteiger partial charge in [0.05, 0.1) is 6.61 Å². The van der Waals surface area contributed by atoms with Crippen LogP contribution in [0, 0.1) is 0 Å². The Morgan fingerprint density at radius 2 is 2.07 bits per heavy atom. The van der Waals surface area contributed by atoms with Crippen molar-refractivity contribution in [3.63, 3.8) is 0 Å². The van der Waals surface area contributed by atoms with E-state index in [1.807, 2.05) is 0 Å². The Hall–Kier alpha value is -0.850. The summed E-state index contributed by atoms with van der Waals surface area (Å²) < 4.78 is 4.99. The first-order chi connectivity index (χ1) is 6.81. The molecule has 6 nitrogen and oxygen atoms in total. The Labute approximate surface area is 88.3 Å². The van der Waals surface area contributed by atoms with Crippen LogP contribution in [0.25, 0.3) is 0 Å². The van der Waals surface area contributed by atoms with Crippen LogP contribution in [-0.4, -0.2) is 45.9 Å². The number of hydroxylamine groups is 2. The number of aliphatic hydroxyl groups excluding tert-OH is 2. The van der Waals surface area contributed by atoms with Gasteiger partial charge in [-0.25, -0.2) is 4.79 Å². The maximum atomic E-state index is 11.5. The summed E-state index contributed by atoms with van der Waals surface area (Å²) in [6.07, 6.45) is -2.87. The van der Waals surface area contributed by atoms with E-state index in [-0.39, 0.29) is 6.61 Å². The predicted molar refractivity (Wildman–Crippen MR) is 50.7 cm³/mol. The summed E-state index contributed by atoms with van der Waals surface area (Å²) in [4.78, 5) is 16.4. The van der Waals surface area contributed by atoms with Gasteiger partial charge >= 0.3 is 6.09 Å². The molecule has 0 aliphatic carbocycles. The Kier molecular flexibility index (Phi) is 3.54. The van der Waals surface area contributed by atoms with Crippen LogP contribution in [0.3, 0.4) is 0 Å². The van der Waals surface area contributed by atoms with Crippen LogP contribution in [0.2, 0.25) is 0 Å². The molecule has 15 heavy (non-hydrogen) atoms. The smallest absolute Gasteiger partial charge is 0.437 e. The van der Waals surface area contributed by atoms with E-state index in [9.17, 15) is 15.0 Å². The molecular weight excluding hydrogens is 202 g/mol. The number of carbonyl (C=O) groups excluding carboxylic acids is 1. The molecule has 1 rings (SSSR count). The first kappa shape index (κ1) is 12.2. The average Bonchev–Trinajstić information content (AvgIpc) is 2.06. The molecule has 1 aliphatic rings. The second-order valence-corrected chi connectivity index (χ2v) is 4.41. The normalized spacial score (nSPS) is 27.7. The fourth-order valence-electron chi connectivity index (χ4n) is 1.12. The first-order valence-electron chi connectivity index (χ1n) is 4.82.